The first-order chi connectivity index (χ1) is 16.1. The van der Waals surface area contributed by atoms with Crippen molar-refractivity contribution in [2.45, 2.75) is 89.9 Å². The molecule has 0 unspecified atom stereocenters. The lowest BCUT2D eigenvalue weighted by Gasteiger charge is -2.08. The number of unbranched alkanes of at least 4 members (excludes halogenated alkanes) is 9. The highest BCUT2D eigenvalue weighted by molar-refractivity contribution is 5.78. The lowest BCUT2D eigenvalue weighted by Crippen LogP contribution is -2.28. The minimum absolute atomic E-state index is 0.0548. The second-order valence-electron chi connectivity index (χ2n) is 8.00. The molecule has 0 spiro atoms. The van der Waals surface area contributed by atoms with Gasteiger partial charge >= 0.3 is 5.97 Å². The molecule has 0 aliphatic carbocycles. The van der Waals surface area contributed by atoms with Gasteiger partial charge in [0.2, 0.25) is 11.8 Å². The van der Waals surface area contributed by atoms with E-state index in [1.807, 2.05) is 0 Å². The van der Waals surface area contributed by atoms with Gasteiger partial charge in [-0.1, -0.05) is 51.4 Å². The first-order valence-electron chi connectivity index (χ1n) is 12.3. The van der Waals surface area contributed by atoms with Crippen molar-refractivity contribution in [3.8, 4) is 0 Å². The quantitative estimate of drug-likeness (QED) is 0.174. The van der Waals surface area contributed by atoms with Crippen molar-refractivity contribution >= 4 is 24.1 Å². The highest BCUT2D eigenvalue weighted by atomic mass is 16.5. The van der Waals surface area contributed by atoms with Crippen molar-refractivity contribution in [2.24, 2.45) is 0 Å². The van der Waals surface area contributed by atoms with Crippen LogP contribution in [0, 0.1) is 0 Å². The summed E-state index contributed by atoms with van der Waals surface area (Å²) in [5, 5.41) is 14.1. The van der Waals surface area contributed by atoms with Gasteiger partial charge in [-0.05, 0) is 12.8 Å². The fourth-order valence-corrected chi connectivity index (χ4v) is 3.16. The summed E-state index contributed by atoms with van der Waals surface area (Å²) >= 11 is 0. The lowest BCUT2D eigenvalue weighted by atomic mass is 10.1. The molecule has 191 valence electrons. The Bertz CT molecular complexity index is 515. The maximum absolute atomic E-state index is 11.8. The summed E-state index contributed by atoms with van der Waals surface area (Å²) in [6.07, 6.45) is 13.6. The number of carbonyl (C=O) groups is 3. The van der Waals surface area contributed by atoms with Gasteiger partial charge in [-0.3, -0.25) is 19.2 Å². The molecule has 9 nitrogen and oxygen atoms in total. The van der Waals surface area contributed by atoms with Gasteiger partial charge in [0, 0.05) is 38.8 Å². The number of rotatable bonds is 25. The number of aliphatic carboxylic acids is 1. The van der Waals surface area contributed by atoms with Crippen LogP contribution in [-0.2, 0) is 28.7 Å². The Balaban J connectivity index is 3.23. The number of ether oxygens (including phenoxy) is 2. The number of carboxylic acid groups (broad SMARTS) is 1. The van der Waals surface area contributed by atoms with E-state index in [4.69, 9.17) is 14.6 Å². The third-order valence-corrected chi connectivity index (χ3v) is 5.01. The van der Waals surface area contributed by atoms with Crippen LogP contribution in [0.4, 0.5) is 0 Å². The molecular weight excluding hydrogens is 428 g/mol. The molecule has 0 aromatic heterocycles. The fourth-order valence-electron chi connectivity index (χ4n) is 3.16. The van der Waals surface area contributed by atoms with E-state index in [9.17, 15) is 19.2 Å². The van der Waals surface area contributed by atoms with Crippen molar-refractivity contribution < 1.29 is 33.8 Å². The predicted octanol–water partition coefficient (Wildman–Crippen LogP) is 2.91. The van der Waals surface area contributed by atoms with Gasteiger partial charge in [0.15, 0.2) is 6.29 Å². The second kappa shape index (κ2) is 24.6. The molecule has 2 amide bonds. The maximum atomic E-state index is 11.8. The summed E-state index contributed by atoms with van der Waals surface area (Å²) in [7, 11) is 0. The summed E-state index contributed by atoms with van der Waals surface area (Å²) in [6.45, 7) is 2.53. The second-order valence-corrected chi connectivity index (χ2v) is 8.00. The molecule has 0 aromatic carbocycles. The molecule has 33 heavy (non-hydrogen) atoms. The summed E-state index contributed by atoms with van der Waals surface area (Å²) in [6, 6.07) is 0. The molecule has 1 radical (unpaired) electrons. The molecule has 9 heteroatoms. The molecular formula is C24H43N2O7. The molecule has 0 atom stereocenters. The predicted molar refractivity (Wildman–Crippen MR) is 126 cm³/mol. The van der Waals surface area contributed by atoms with Gasteiger partial charge in [-0.15, -0.1) is 0 Å². The average molecular weight is 472 g/mol. The van der Waals surface area contributed by atoms with Crippen LogP contribution in [0.2, 0.25) is 0 Å². The number of amides is 2. The van der Waals surface area contributed by atoms with E-state index in [0.717, 1.165) is 38.5 Å². The third-order valence-electron chi connectivity index (χ3n) is 5.01. The summed E-state index contributed by atoms with van der Waals surface area (Å²) < 4.78 is 10.7. The molecule has 0 aliphatic rings. The van der Waals surface area contributed by atoms with Crippen LogP contribution in [0.25, 0.3) is 0 Å². The van der Waals surface area contributed by atoms with E-state index >= 15 is 0 Å². The monoisotopic (exact) mass is 471 g/mol. The zero-order chi connectivity index (χ0) is 24.4. The minimum Gasteiger partial charge on any atom is -0.481 e. The van der Waals surface area contributed by atoms with E-state index in [1.165, 1.54) is 25.7 Å². The standard InChI is InChI=1S/C24H43N2O7/c27-17-11-13-23(29)26-16-19-33-21-20-32-18-15-25-22(28)12-9-7-5-3-1-2-4-6-8-10-14-24(30)31/h1-16,18-21H2,(H,25,28)(H,26,29)(H,30,31). The highest BCUT2D eigenvalue weighted by Crippen LogP contribution is 2.12. The first kappa shape index (κ1) is 31.0. The lowest BCUT2D eigenvalue weighted by molar-refractivity contribution is -0.137. The van der Waals surface area contributed by atoms with E-state index in [1.54, 1.807) is 6.29 Å². The van der Waals surface area contributed by atoms with Crippen LogP contribution >= 0.6 is 0 Å². The van der Waals surface area contributed by atoms with Gasteiger partial charge in [-0.2, -0.15) is 0 Å². The fraction of sp³-hybridized carbons (Fsp3) is 0.833. The number of nitrogens with one attached hydrogen (secondary N) is 2. The van der Waals surface area contributed by atoms with Gasteiger partial charge in [0.25, 0.3) is 0 Å². The Morgan fingerprint density at radius 3 is 1.48 bits per heavy atom. The van der Waals surface area contributed by atoms with Gasteiger partial charge in [0.05, 0.1) is 26.4 Å². The van der Waals surface area contributed by atoms with Crippen LogP contribution in [0.5, 0.6) is 0 Å². The van der Waals surface area contributed by atoms with Crippen molar-refractivity contribution in [1.29, 1.82) is 0 Å². The molecule has 0 saturated heterocycles. The normalized spacial score (nSPS) is 10.7. The Morgan fingerprint density at radius 1 is 0.606 bits per heavy atom. The van der Waals surface area contributed by atoms with Crippen LogP contribution < -0.4 is 10.6 Å². The largest absolute Gasteiger partial charge is 0.481 e. The molecule has 0 bridgehead atoms. The zero-order valence-electron chi connectivity index (χ0n) is 20.0. The minimum atomic E-state index is -0.706. The average Bonchev–Trinajstić information content (AvgIpc) is 2.79. The van der Waals surface area contributed by atoms with E-state index in [2.05, 4.69) is 10.6 Å². The Morgan fingerprint density at radius 2 is 1.03 bits per heavy atom. The molecule has 0 saturated carbocycles. The van der Waals surface area contributed by atoms with Gasteiger partial charge in [0.1, 0.15) is 0 Å². The van der Waals surface area contributed by atoms with Crippen molar-refractivity contribution in [3.05, 3.63) is 0 Å². The van der Waals surface area contributed by atoms with Crippen LogP contribution in [-0.4, -0.2) is 68.7 Å². The van der Waals surface area contributed by atoms with Crippen molar-refractivity contribution in [1.82, 2.24) is 10.6 Å². The number of hydrogen-bond acceptors (Lipinski definition) is 6. The Hall–Kier alpha value is -2.00. The summed E-state index contributed by atoms with van der Waals surface area (Å²) in [4.78, 5) is 43.5. The SMILES string of the molecule is O=[C]CCC(=O)NCCOCCOCCNC(=O)CCCCCCCCCCCCC(=O)O. The van der Waals surface area contributed by atoms with E-state index < -0.39 is 5.97 Å². The van der Waals surface area contributed by atoms with Crippen LogP contribution in [0.15, 0.2) is 0 Å². The molecule has 0 fully saturated rings. The van der Waals surface area contributed by atoms with Crippen LogP contribution in [0.1, 0.15) is 89.9 Å². The third kappa shape index (κ3) is 26.1. The molecule has 0 heterocycles. The van der Waals surface area contributed by atoms with Gasteiger partial charge < -0.3 is 25.2 Å². The molecule has 0 aromatic rings. The van der Waals surface area contributed by atoms with Crippen molar-refractivity contribution in [3.63, 3.8) is 0 Å². The number of carboxylic acids is 1. The Kier molecular flexibility index (Phi) is 23.1. The summed E-state index contributed by atoms with van der Waals surface area (Å²) in [5.41, 5.74) is 0. The number of hydrogen-bond donors (Lipinski definition) is 3. The van der Waals surface area contributed by atoms with Crippen molar-refractivity contribution in [2.75, 3.05) is 39.5 Å². The van der Waals surface area contributed by atoms with Gasteiger partial charge in [-0.25, -0.2) is 0 Å². The summed E-state index contributed by atoms with van der Waals surface area (Å²) in [5.74, 6) is -0.839. The zero-order valence-corrected chi connectivity index (χ0v) is 20.0. The highest BCUT2D eigenvalue weighted by Gasteiger charge is 2.02. The number of carbonyl (C=O) groups excluding carboxylic acids is 3. The van der Waals surface area contributed by atoms with E-state index in [-0.39, 0.29) is 31.1 Å². The molecule has 3 N–H and O–H groups in total. The smallest absolute Gasteiger partial charge is 0.303 e. The Labute approximate surface area is 198 Å². The maximum Gasteiger partial charge on any atom is 0.303 e. The van der Waals surface area contributed by atoms with E-state index in [0.29, 0.717) is 45.9 Å². The first-order valence-corrected chi connectivity index (χ1v) is 12.3. The molecule has 0 aliphatic heterocycles. The molecule has 0 rings (SSSR count). The topological polar surface area (TPSA) is 131 Å². The van der Waals surface area contributed by atoms with Crippen LogP contribution in [0.3, 0.4) is 0 Å².